The first-order valence-electron chi connectivity index (χ1n) is 9.37. The lowest BCUT2D eigenvalue weighted by molar-refractivity contribution is -0.734. The molecule has 0 bridgehead atoms. The minimum Gasteiger partial charge on any atom is -0.842 e. The maximum Gasteiger partial charge on any atom is 0.426 e. The molecule has 0 aliphatic carbocycles. The molecule has 0 N–H and O–H groups in total. The molecule has 0 aliphatic heterocycles. The van der Waals surface area contributed by atoms with Crippen LogP contribution in [0.5, 0.6) is 11.6 Å². The zero-order chi connectivity index (χ0) is 22.9. The summed E-state index contributed by atoms with van der Waals surface area (Å²) in [5, 5.41) is 13.3. The van der Waals surface area contributed by atoms with Crippen LogP contribution in [0.3, 0.4) is 0 Å². The van der Waals surface area contributed by atoms with E-state index in [0.29, 0.717) is 15.5 Å². The molecule has 0 fully saturated rings. The predicted octanol–water partition coefficient (Wildman–Crippen LogP) is 3.52. The van der Waals surface area contributed by atoms with Gasteiger partial charge in [0, 0.05) is 17.8 Å². The van der Waals surface area contributed by atoms with Gasteiger partial charge in [0.05, 0.1) is 12.1 Å². The summed E-state index contributed by atoms with van der Waals surface area (Å²) in [6.07, 6.45) is -1.79. The molecule has 4 aromatic rings. The van der Waals surface area contributed by atoms with Crippen LogP contribution >= 0.6 is 11.6 Å². The minimum atomic E-state index is -4.65. The van der Waals surface area contributed by atoms with Crippen LogP contribution < -0.4 is 20.0 Å². The van der Waals surface area contributed by atoms with Crippen LogP contribution in [0.25, 0.3) is 16.8 Å². The molecule has 4 rings (SSSR count). The van der Waals surface area contributed by atoms with Crippen molar-refractivity contribution in [1.82, 2.24) is 9.38 Å². The first kappa shape index (κ1) is 21.6. The number of ether oxygens (including phenoxy) is 1. The second kappa shape index (κ2) is 8.51. The van der Waals surface area contributed by atoms with Crippen molar-refractivity contribution in [2.24, 2.45) is 0 Å². The summed E-state index contributed by atoms with van der Waals surface area (Å²) < 4.78 is 46.7. The summed E-state index contributed by atoms with van der Waals surface area (Å²) in [7, 11) is 0. The molecule has 32 heavy (non-hydrogen) atoms. The van der Waals surface area contributed by atoms with E-state index in [0.717, 1.165) is 9.96 Å². The number of hydrogen-bond donors (Lipinski definition) is 0. The van der Waals surface area contributed by atoms with E-state index in [1.54, 1.807) is 24.3 Å². The van der Waals surface area contributed by atoms with Crippen molar-refractivity contribution in [2.75, 3.05) is 0 Å². The topological polar surface area (TPSA) is 70.5 Å². The summed E-state index contributed by atoms with van der Waals surface area (Å²) in [6, 6.07) is 13.7. The number of fused-ring (bicyclic) bond motifs is 1. The van der Waals surface area contributed by atoms with E-state index in [4.69, 9.17) is 16.3 Å². The molecule has 0 amide bonds. The second-order valence-electron chi connectivity index (χ2n) is 6.92. The van der Waals surface area contributed by atoms with Gasteiger partial charge in [-0.05, 0) is 29.8 Å². The van der Waals surface area contributed by atoms with Crippen molar-refractivity contribution >= 4 is 17.2 Å². The van der Waals surface area contributed by atoms with Crippen molar-refractivity contribution in [3.63, 3.8) is 0 Å². The van der Waals surface area contributed by atoms with Gasteiger partial charge in [0.15, 0.2) is 6.54 Å². The highest BCUT2D eigenvalue weighted by molar-refractivity contribution is 6.29. The monoisotopic (exact) mass is 461 g/mol. The first-order valence-corrected chi connectivity index (χ1v) is 9.75. The standard InChI is InChI=1S/C22H15ClF3N3O3/c23-17-8-7-14(11-27-17)12-32-16-5-3-4-15(10-16)19-20(30)28-9-2-1-6-18(28)29(21(19)31)13-22(24,25)26/h1-11H,12-13H2. The molecule has 0 saturated heterocycles. The molecular formula is C22H15ClF3N3O3. The van der Waals surface area contributed by atoms with Crippen LogP contribution in [0, 0.1) is 0 Å². The molecule has 0 radical (unpaired) electrons. The molecule has 0 unspecified atom stereocenters. The number of hydrogen-bond acceptors (Lipinski definition) is 4. The van der Waals surface area contributed by atoms with Gasteiger partial charge in [-0.25, -0.2) is 14.3 Å². The minimum absolute atomic E-state index is 0.141. The van der Waals surface area contributed by atoms with Gasteiger partial charge in [0.1, 0.15) is 23.1 Å². The average molecular weight is 462 g/mol. The highest BCUT2D eigenvalue weighted by Gasteiger charge is 2.33. The van der Waals surface area contributed by atoms with E-state index in [1.807, 2.05) is 0 Å². The zero-order valence-corrected chi connectivity index (χ0v) is 17.1. The number of halogens is 4. The van der Waals surface area contributed by atoms with Crippen LogP contribution in [0.1, 0.15) is 5.56 Å². The highest BCUT2D eigenvalue weighted by Crippen LogP contribution is 2.27. The van der Waals surface area contributed by atoms with E-state index in [2.05, 4.69) is 4.98 Å². The summed E-state index contributed by atoms with van der Waals surface area (Å²) in [4.78, 5) is 16.9. The molecule has 3 aromatic heterocycles. The van der Waals surface area contributed by atoms with Crippen molar-refractivity contribution in [3.8, 4) is 22.8 Å². The van der Waals surface area contributed by atoms with E-state index in [9.17, 15) is 23.1 Å². The van der Waals surface area contributed by atoms with E-state index in [1.165, 1.54) is 42.7 Å². The Morgan fingerprint density at radius 2 is 1.94 bits per heavy atom. The number of rotatable bonds is 5. The Bertz CT molecular complexity index is 1340. The van der Waals surface area contributed by atoms with Gasteiger partial charge in [0.2, 0.25) is 0 Å². The van der Waals surface area contributed by atoms with Crippen molar-refractivity contribution in [2.45, 2.75) is 19.3 Å². The maximum absolute atomic E-state index is 13.2. The summed E-state index contributed by atoms with van der Waals surface area (Å²) >= 11 is 5.76. The zero-order valence-electron chi connectivity index (χ0n) is 16.3. The fourth-order valence-electron chi connectivity index (χ4n) is 3.26. The van der Waals surface area contributed by atoms with Crippen LogP contribution in [0.15, 0.2) is 71.8 Å². The Balaban J connectivity index is 1.77. The Morgan fingerprint density at radius 3 is 2.66 bits per heavy atom. The molecule has 0 atom stereocenters. The third kappa shape index (κ3) is 4.52. The smallest absolute Gasteiger partial charge is 0.426 e. The normalized spacial score (nSPS) is 11.6. The third-order valence-electron chi connectivity index (χ3n) is 4.66. The Kier molecular flexibility index (Phi) is 5.75. The summed E-state index contributed by atoms with van der Waals surface area (Å²) in [5.41, 5.74) is -0.357. The van der Waals surface area contributed by atoms with Crippen molar-refractivity contribution in [1.29, 1.82) is 0 Å². The largest absolute Gasteiger partial charge is 0.842 e. The van der Waals surface area contributed by atoms with Crippen molar-refractivity contribution < 1.29 is 27.6 Å². The average Bonchev–Trinajstić information content (AvgIpc) is 2.76. The van der Waals surface area contributed by atoms with Crippen LogP contribution in [-0.4, -0.2) is 15.6 Å². The molecule has 3 heterocycles. The molecule has 6 nitrogen and oxygen atoms in total. The van der Waals surface area contributed by atoms with Crippen LogP contribution in [0.4, 0.5) is 13.2 Å². The number of aromatic nitrogens is 3. The molecule has 10 heteroatoms. The van der Waals surface area contributed by atoms with Crippen molar-refractivity contribution in [3.05, 3.63) is 88.1 Å². The molecule has 164 valence electrons. The SMILES string of the molecule is O=c1c(-c2cccc(OCc3ccc(Cl)nc3)c2)c([O-])[n+](CC(F)(F)F)c2ccccn12. The first-order chi connectivity index (χ1) is 15.2. The maximum atomic E-state index is 13.2. The Labute approximate surface area is 184 Å². The van der Waals surface area contributed by atoms with E-state index < -0.39 is 24.2 Å². The van der Waals surface area contributed by atoms with Gasteiger partial charge < -0.3 is 9.84 Å². The molecular weight excluding hydrogens is 447 g/mol. The Hall–Kier alpha value is -3.59. The molecule has 0 aliphatic rings. The fourth-order valence-corrected chi connectivity index (χ4v) is 3.37. The predicted molar refractivity (Wildman–Crippen MR) is 108 cm³/mol. The van der Waals surface area contributed by atoms with Gasteiger partial charge in [-0.1, -0.05) is 35.9 Å². The summed E-state index contributed by atoms with van der Waals surface area (Å²) in [6.45, 7) is -1.38. The molecule has 1 aromatic carbocycles. The number of pyridine rings is 2. The lowest BCUT2D eigenvalue weighted by Crippen LogP contribution is -2.48. The van der Waals surface area contributed by atoms with Crippen LogP contribution in [0.2, 0.25) is 5.15 Å². The second-order valence-corrected chi connectivity index (χ2v) is 7.31. The number of benzene rings is 1. The highest BCUT2D eigenvalue weighted by atomic mass is 35.5. The lowest BCUT2D eigenvalue weighted by Gasteiger charge is -2.18. The van der Waals surface area contributed by atoms with E-state index >= 15 is 0 Å². The number of alkyl halides is 3. The molecule has 0 saturated carbocycles. The van der Waals surface area contributed by atoms with Gasteiger partial charge in [-0.3, -0.25) is 0 Å². The van der Waals surface area contributed by atoms with Gasteiger partial charge in [-0.2, -0.15) is 17.6 Å². The van der Waals surface area contributed by atoms with E-state index in [-0.39, 0.29) is 23.4 Å². The third-order valence-corrected chi connectivity index (χ3v) is 4.88. The number of nitrogens with zero attached hydrogens (tertiary/aromatic N) is 3. The quantitative estimate of drug-likeness (QED) is 0.337. The van der Waals surface area contributed by atoms with Gasteiger partial charge in [0.25, 0.3) is 5.65 Å². The van der Waals surface area contributed by atoms with Gasteiger partial charge >= 0.3 is 11.7 Å². The summed E-state index contributed by atoms with van der Waals surface area (Å²) in [5.74, 6) is -0.700. The van der Waals surface area contributed by atoms with Gasteiger partial charge in [-0.15, -0.1) is 0 Å². The Morgan fingerprint density at radius 1 is 1.12 bits per heavy atom. The lowest BCUT2D eigenvalue weighted by atomic mass is 10.1. The van der Waals surface area contributed by atoms with Crippen LogP contribution in [-0.2, 0) is 13.2 Å². The fraction of sp³-hybridized carbons (Fsp3) is 0.136. The molecule has 0 spiro atoms.